The maximum Gasteiger partial charge on any atom is 0.428 e. The first-order valence-corrected chi connectivity index (χ1v) is 8.36. The number of hydrazone groups is 1. The number of hydrogen-bond acceptors (Lipinski definition) is 6. The number of esters is 1. The summed E-state index contributed by atoms with van der Waals surface area (Å²) in [5, 5.41) is 3.80. The Balaban J connectivity index is 2.05. The first-order valence-electron chi connectivity index (χ1n) is 8.36. The molecule has 0 heterocycles. The number of ether oxygens (including phenoxy) is 3. The van der Waals surface area contributed by atoms with Gasteiger partial charge in [0.15, 0.2) is 11.5 Å². The van der Waals surface area contributed by atoms with Crippen LogP contribution in [0.5, 0.6) is 11.5 Å². The molecule has 0 bridgehead atoms. The molecule has 8 heteroatoms. The lowest BCUT2D eigenvalue weighted by molar-refractivity contribution is 0.0529. The van der Waals surface area contributed by atoms with Gasteiger partial charge >= 0.3 is 12.1 Å². The van der Waals surface area contributed by atoms with E-state index < -0.39 is 23.5 Å². The highest BCUT2D eigenvalue weighted by molar-refractivity contribution is 5.91. The van der Waals surface area contributed by atoms with Crippen LogP contribution in [-0.4, -0.2) is 31.0 Å². The van der Waals surface area contributed by atoms with Crippen LogP contribution in [0.3, 0.4) is 0 Å². The van der Waals surface area contributed by atoms with Crippen molar-refractivity contribution in [2.45, 2.75) is 26.4 Å². The average molecular weight is 388 g/mol. The molecular formula is C20H21FN2O5. The van der Waals surface area contributed by atoms with Gasteiger partial charge in [0.1, 0.15) is 11.4 Å². The summed E-state index contributed by atoms with van der Waals surface area (Å²) in [5.41, 5.74) is 2.42. The minimum atomic E-state index is -0.680. The average Bonchev–Trinajstić information content (AvgIpc) is 2.61. The Bertz CT molecular complexity index is 873. The Hall–Kier alpha value is -3.42. The van der Waals surface area contributed by atoms with E-state index in [1.807, 2.05) is 0 Å². The summed E-state index contributed by atoms with van der Waals surface area (Å²) >= 11 is 0. The van der Waals surface area contributed by atoms with Gasteiger partial charge in [0, 0.05) is 0 Å². The molecule has 1 amide bonds. The normalized spacial score (nSPS) is 11.2. The number of rotatable bonds is 5. The van der Waals surface area contributed by atoms with Crippen molar-refractivity contribution >= 4 is 18.3 Å². The highest BCUT2D eigenvalue weighted by Crippen LogP contribution is 2.28. The van der Waals surface area contributed by atoms with Gasteiger partial charge in [0.2, 0.25) is 0 Å². The summed E-state index contributed by atoms with van der Waals surface area (Å²) in [5.74, 6) is -0.616. The summed E-state index contributed by atoms with van der Waals surface area (Å²) in [6.45, 7) is 5.23. The lowest BCUT2D eigenvalue weighted by atomic mass is 10.2. The second-order valence-corrected chi connectivity index (χ2v) is 6.68. The van der Waals surface area contributed by atoms with Crippen molar-refractivity contribution in [1.82, 2.24) is 5.43 Å². The molecule has 0 aliphatic heterocycles. The monoisotopic (exact) mass is 388 g/mol. The molecule has 0 fully saturated rings. The zero-order chi connectivity index (χ0) is 20.7. The Kier molecular flexibility index (Phi) is 6.70. The maximum atomic E-state index is 13.0. The standard InChI is InChI=1S/C20H21FN2O5/c1-20(2,3)28-19(25)23-22-12-13-5-10-16(17(11-13)26-4)27-18(24)14-6-8-15(21)9-7-14/h5-12H,1-4H3,(H,23,25)/b22-12-. The van der Waals surface area contributed by atoms with E-state index in [0.717, 1.165) is 0 Å². The number of halogens is 1. The van der Waals surface area contributed by atoms with E-state index in [1.54, 1.807) is 32.9 Å². The van der Waals surface area contributed by atoms with Crippen molar-refractivity contribution in [1.29, 1.82) is 0 Å². The number of hydrogen-bond donors (Lipinski definition) is 1. The molecule has 0 atom stereocenters. The Morgan fingerprint density at radius 2 is 1.75 bits per heavy atom. The molecule has 0 saturated carbocycles. The van der Waals surface area contributed by atoms with Crippen LogP contribution in [0.1, 0.15) is 36.7 Å². The number of nitrogens with zero attached hydrogens (tertiary/aromatic N) is 1. The van der Waals surface area contributed by atoms with Crippen molar-refractivity contribution in [3.63, 3.8) is 0 Å². The van der Waals surface area contributed by atoms with E-state index in [2.05, 4.69) is 10.5 Å². The van der Waals surface area contributed by atoms with Gasteiger partial charge in [-0.05, 0) is 68.8 Å². The van der Waals surface area contributed by atoms with Gasteiger partial charge in [-0.25, -0.2) is 19.4 Å². The number of nitrogens with one attached hydrogen (secondary N) is 1. The van der Waals surface area contributed by atoms with E-state index in [-0.39, 0.29) is 17.1 Å². The summed E-state index contributed by atoms with van der Waals surface area (Å²) in [4.78, 5) is 23.7. The number of benzene rings is 2. The van der Waals surface area contributed by atoms with Crippen LogP contribution in [0, 0.1) is 5.82 Å². The van der Waals surface area contributed by atoms with Crippen LogP contribution in [0.2, 0.25) is 0 Å². The van der Waals surface area contributed by atoms with Crippen molar-refractivity contribution < 1.29 is 28.2 Å². The van der Waals surface area contributed by atoms with Gasteiger partial charge < -0.3 is 14.2 Å². The molecular weight excluding hydrogens is 367 g/mol. The molecule has 0 aliphatic rings. The summed E-state index contributed by atoms with van der Waals surface area (Å²) in [7, 11) is 1.42. The van der Waals surface area contributed by atoms with E-state index >= 15 is 0 Å². The largest absolute Gasteiger partial charge is 0.493 e. The smallest absolute Gasteiger partial charge is 0.428 e. The van der Waals surface area contributed by atoms with Gasteiger partial charge in [-0.3, -0.25) is 0 Å². The predicted molar refractivity (Wildman–Crippen MR) is 101 cm³/mol. The molecule has 7 nitrogen and oxygen atoms in total. The lowest BCUT2D eigenvalue weighted by Gasteiger charge is -2.18. The molecule has 0 aromatic heterocycles. The Morgan fingerprint density at radius 3 is 2.36 bits per heavy atom. The van der Waals surface area contributed by atoms with Gasteiger partial charge in [-0.2, -0.15) is 5.10 Å². The van der Waals surface area contributed by atoms with Crippen LogP contribution in [0.25, 0.3) is 0 Å². The lowest BCUT2D eigenvalue weighted by Crippen LogP contribution is -2.29. The molecule has 148 valence electrons. The molecule has 0 unspecified atom stereocenters. The topological polar surface area (TPSA) is 86.2 Å². The molecule has 0 aliphatic carbocycles. The number of amides is 1. The zero-order valence-electron chi connectivity index (χ0n) is 16.0. The third-order valence-electron chi connectivity index (χ3n) is 3.24. The van der Waals surface area contributed by atoms with E-state index in [4.69, 9.17) is 14.2 Å². The third kappa shape index (κ3) is 6.39. The number of carbonyl (C=O) groups excluding carboxylic acids is 2. The molecule has 2 rings (SSSR count). The van der Waals surface area contributed by atoms with Crippen LogP contribution in [0.15, 0.2) is 47.6 Å². The minimum Gasteiger partial charge on any atom is -0.493 e. The molecule has 0 saturated heterocycles. The molecule has 0 spiro atoms. The second-order valence-electron chi connectivity index (χ2n) is 6.68. The fraction of sp³-hybridized carbons (Fsp3) is 0.250. The Labute approximate surface area is 162 Å². The van der Waals surface area contributed by atoms with Crippen molar-refractivity contribution in [3.05, 3.63) is 59.4 Å². The van der Waals surface area contributed by atoms with Gasteiger partial charge in [-0.1, -0.05) is 0 Å². The third-order valence-corrected chi connectivity index (χ3v) is 3.24. The molecule has 1 N–H and O–H groups in total. The van der Waals surface area contributed by atoms with E-state index in [9.17, 15) is 14.0 Å². The molecule has 0 radical (unpaired) electrons. The van der Waals surface area contributed by atoms with Crippen LogP contribution in [0.4, 0.5) is 9.18 Å². The van der Waals surface area contributed by atoms with E-state index in [1.165, 1.54) is 43.7 Å². The van der Waals surface area contributed by atoms with Crippen molar-refractivity contribution in [3.8, 4) is 11.5 Å². The van der Waals surface area contributed by atoms with E-state index in [0.29, 0.717) is 5.56 Å². The second kappa shape index (κ2) is 8.98. The van der Waals surface area contributed by atoms with Gasteiger partial charge in [-0.15, -0.1) is 0 Å². The minimum absolute atomic E-state index is 0.189. The highest BCUT2D eigenvalue weighted by Gasteiger charge is 2.15. The SMILES string of the molecule is COc1cc(/C=N\NC(=O)OC(C)(C)C)ccc1OC(=O)c1ccc(F)cc1. The fourth-order valence-electron chi connectivity index (χ4n) is 2.05. The summed E-state index contributed by atoms with van der Waals surface area (Å²) in [6, 6.07) is 9.72. The fourth-order valence-corrected chi connectivity index (χ4v) is 2.05. The van der Waals surface area contributed by atoms with Crippen LogP contribution in [-0.2, 0) is 4.74 Å². The van der Waals surface area contributed by atoms with Crippen molar-refractivity contribution in [2.75, 3.05) is 7.11 Å². The molecule has 28 heavy (non-hydrogen) atoms. The number of carbonyl (C=O) groups is 2. The molecule has 2 aromatic rings. The first-order chi connectivity index (χ1) is 13.2. The molecule has 2 aromatic carbocycles. The number of methoxy groups -OCH3 is 1. The predicted octanol–water partition coefficient (Wildman–Crippen LogP) is 3.91. The van der Waals surface area contributed by atoms with Crippen LogP contribution >= 0.6 is 0 Å². The zero-order valence-corrected chi connectivity index (χ0v) is 16.0. The van der Waals surface area contributed by atoms with Crippen LogP contribution < -0.4 is 14.9 Å². The first kappa shape index (κ1) is 20.9. The highest BCUT2D eigenvalue weighted by atomic mass is 19.1. The Morgan fingerprint density at radius 1 is 1.07 bits per heavy atom. The maximum absolute atomic E-state index is 13.0. The van der Waals surface area contributed by atoms with Gasteiger partial charge in [0.05, 0.1) is 18.9 Å². The van der Waals surface area contributed by atoms with Crippen molar-refractivity contribution in [2.24, 2.45) is 5.10 Å². The quantitative estimate of drug-likeness (QED) is 0.363. The van der Waals surface area contributed by atoms with Gasteiger partial charge in [0.25, 0.3) is 0 Å². The summed E-state index contributed by atoms with van der Waals surface area (Å²) < 4.78 is 28.5. The summed E-state index contributed by atoms with van der Waals surface area (Å²) in [6.07, 6.45) is 0.707.